The zero-order valence-electron chi connectivity index (χ0n) is 10.6. The maximum atomic E-state index is 10.9. The number of aldehydes is 1. The molecule has 4 heteroatoms. The second kappa shape index (κ2) is 4.31. The highest BCUT2D eigenvalue weighted by molar-refractivity contribution is 5.92. The molecule has 0 radical (unpaired) electrons. The molecule has 0 saturated heterocycles. The molecule has 0 bridgehead atoms. The van der Waals surface area contributed by atoms with Crippen LogP contribution in [0.5, 0.6) is 5.75 Å². The topological polar surface area (TPSA) is 52.6 Å². The van der Waals surface area contributed by atoms with Crippen molar-refractivity contribution in [3.05, 3.63) is 41.7 Å². The summed E-state index contributed by atoms with van der Waals surface area (Å²) in [6.45, 7) is 1.94. The molecule has 0 amide bonds. The van der Waals surface area contributed by atoms with Gasteiger partial charge in [0, 0.05) is 10.9 Å². The molecule has 0 N–H and O–H groups in total. The Bertz CT molecular complexity index is 749. The highest BCUT2D eigenvalue weighted by atomic mass is 16.5. The van der Waals surface area contributed by atoms with Crippen molar-refractivity contribution in [1.82, 2.24) is 0 Å². The summed E-state index contributed by atoms with van der Waals surface area (Å²) in [7, 11) is 1.55. The smallest absolute Gasteiger partial charge is 0.176 e. The second-order valence-corrected chi connectivity index (χ2v) is 4.30. The fourth-order valence-electron chi connectivity index (χ4n) is 2.10. The number of furan rings is 2. The van der Waals surface area contributed by atoms with Gasteiger partial charge in [0.25, 0.3) is 0 Å². The third kappa shape index (κ3) is 1.81. The Labute approximate surface area is 109 Å². The van der Waals surface area contributed by atoms with Gasteiger partial charge < -0.3 is 13.6 Å². The molecule has 3 rings (SSSR count). The van der Waals surface area contributed by atoms with Crippen LogP contribution < -0.4 is 4.74 Å². The lowest BCUT2D eigenvalue weighted by Gasteiger charge is -2.01. The van der Waals surface area contributed by atoms with E-state index in [1.807, 2.05) is 19.1 Å². The quantitative estimate of drug-likeness (QED) is 0.668. The molecule has 0 unspecified atom stereocenters. The normalized spacial score (nSPS) is 10.8. The molecule has 96 valence electrons. The van der Waals surface area contributed by atoms with E-state index in [1.54, 1.807) is 25.5 Å². The van der Waals surface area contributed by atoms with Crippen LogP contribution in [0.3, 0.4) is 0 Å². The van der Waals surface area contributed by atoms with Crippen LogP contribution in [0.25, 0.3) is 22.5 Å². The van der Waals surface area contributed by atoms with Crippen LogP contribution in [0.4, 0.5) is 0 Å². The summed E-state index contributed by atoms with van der Waals surface area (Å²) >= 11 is 0. The number of ether oxygens (including phenoxy) is 1. The van der Waals surface area contributed by atoms with Crippen LogP contribution in [0, 0.1) is 6.92 Å². The highest BCUT2D eigenvalue weighted by Crippen LogP contribution is 2.35. The minimum Gasteiger partial charge on any atom is -0.493 e. The summed E-state index contributed by atoms with van der Waals surface area (Å²) in [5.41, 5.74) is 2.15. The van der Waals surface area contributed by atoms with Crippen LogP contribution in [0.15, 0.2) is 39.4 Å². The first-order chi connectivity index (χ1) is 9.22. The van der Waals surface area contributed by atoms with Gasteiger partial charge in [0.2, 0.25) is 0 Å². The Kier molecular flexibility index (Phi) is 2.63. The lowest BCUT2D eigenvalue weighted by molar-refractivity contribution is 0.112. The van der Waals surface area contributed by atoms with Crippen LogP contribution in [0.1, 0.15) is 15.9 Å². The van der Waals surface area contributed by atoms with Crippen molar-refractivity contribution >= 4 is 17.3 Å². The van der Waals surface area contributed by atoms with E-state index in [4.69, 9.17) is 13.6 Å². The van der Waals surface area contributed by atoms with Gasteiger partial charge in [-0.05, 0) is 36.8 Å². The molecule has 2 aromatic heterocycles. The minimum absolute atomic E-state index is 0.537. The predicted molar refractivity (Wildman–Crippen MR) is 70.6 cm³/mol. The molecule has 0 aliphatic rings. The first-order valence-corrected chi connectivity index (χ1v) is 5.84. The molecule has 4 nitrogen and oxygen atoms in total. The molecule has 0 spiro atoms. The summed E-state index contributed by atoms with van der Waals surface area (Å²) in [6.07, 6.45) is 2.40. The number of fused-ring (bicyclic) bond motifs is 1. The van der Waals surface area contributed by atoms with E-state index in [2.05, 4.69) is 0 Å². The van der Waals surface area contributed by atoms with E-state index in [-0.39, 0.29) is 0 Å². The monoisotopic (exact) mass is 256 g/mol. The minimum atomic E-state index is 0.537. The van der Waals surface area contributed by atoms with Gasteiger partial charge in [0.15, 0.2) is 22.9 Å². The van der Waals surface area contributed by atoms with Crippen LogP contribution in [0.2, 0.25) is 0 Å². The predicted octanol–water partition coefficient (Wildman–Crippen LogP) is 3.82. The molecule has 0 fully saturated rings. The summed E-state index contributed by atoms with van der Waals surface area (Å²) in [5.74, 6) is 1.85. The molecule has 3 aromatic rings. The Morgan fingerprint density at radius 3 is 2.74 bits per heavy atom. The van der Waals surface area contributed by atoms with E-state index in [9.17, 15) is 4.79 Å². The van der Waals surface area contributed by atoms with Crippen molar-refractivity contribution in [3.63, 3.8) is 0 Å². The van der Waals surface area contributed by atoms with Gasteiger partial charge in [-0.3, -0.25) is 4.79 Å². The lowest BCUT2D eigenvalue weighted by Crippen LogP contribution is -1.86. The third-order valence-electron chi connectivity index (χ3n) is 3.05. The summed E-state index contributed by atoms with van der Waals surface area (Å²) in [5, 5.41) is 0.812. The van der Waals surface area contributed by atoms with E-state index >= 15 is 0 Å². The van der Waals surface area contributed by atoms with Gasteiger partial charge >= 0.3 is 0 Å². The fraction of sp³-hybridized carbons (Fsp3) is 0.133. The lowest BCUT2D eigenvalue weighted by atomic mass is 10.1. The maximum Gasteiger partial charge on any atom is 0.176 e. The molecule has 0 atom stereocenters. The molecule has 0 saturated carbocycles. The van der Waals surface area contributed by atoms with E-state index in [1.165, 1.54) is 0 Å². The Balaban J connectivity index is 2.25. The van der Waals surface area contributed by atoms with Gasteiger partial charge in [-0.2, -0.15) is 0 Å². The van der Waals surface area contributed by atoms with Gasteiger partial charge in [0.05, 0.1) is 13.4 Å². The standard InChI is InChI=1S/C15H12O4/c1-9-3-4-18-14(9)13-7-11-5-10(8-16)6-12(17-2)15(11)19-13/h3-8H,1-2H3. The number of benzene rings is 1. The zero-order chi connectivity index (χ0) is 13.4. The number of aryl methyl sites for hydroxylation is 1. The number of hydrogen-bond donors (Lipinski definition) is 0. The van der Waals surface area contributed by atoms with Gasteiger partial charge in [-0.1, -0.05) is 0 Å². The third-order valence-corrected chi connectivity index (χ3v) is 3.05. The molecule has 2 heterocycles. The van der Waals surface area contributed by atoms with Crippen LogP contribution in [-0.4, -0.2) is 13.4 Å². The molecular weight excluding hydrogens is 244 g/mol. The first kappa shape index (κ1) is 11.6. The van der Waals surface area contributed by atoms with Crippen molar-refractivity contribution in [2.24, 2.45) is 0 Å². The maximum absolute atomic E-state index is 10.9. The van der Waals surface area contributed by atoms with Crippen LogP contribution in [-0.2, 0) is 0 Å². The summed E-state index contributed by atoms with van der Waals surface area (Å²) < 4.78 is 16.4. The largest absolute Gasteiger partial charge is 0.493 e. The fourth-order valence-corrected chi connectivity index (χ4v) is 2.10. The average molecular weight is 256 g/mol. The Morgan fingerprint density at radius 2 is 2.11 bits per heavy atom. The van der Waals surface area contributed by atoms with E-state index in [0.717, 1.165) is 17.2 Å². The van der Waals surface area contributed by atoms with E-state index in [0.29, 0.717) is 28.4 Å². The van der Waals surface area contributed by atoms with Crippen molar-refractivity contribution in [2.45, 2.75) is 6.92 Å². The molecule has 0 aliphatic carbocycles. The van der Waals surface area contributed by atoms with Crippen molar-refractivity contribution in [2.75, 3.05) is 7.11 Å². The van der Waals surface area contributed by atoms with Gasteiger partial charge in [-0.25, -0.2) is 0 Å². The molecular formula is C15H12O4. The molecule has 19 heavy (non-hydrogen) atoms. The summed E-state index contributed by atoms with van der Waals surface area (Å²) in [4.78, 5) is 10.9. The SMILES string of the molecule is COc1cc(C=O)cc2cc(-c3occc3C)oc12. The van der Waals surface area contributed by atoms with Crippen molar-refractivity contribution < 1.29 is 18.4 Å². The number of carbonyl (C=O) groups excluding carboxylic acids is 1. The Morgan fingerprint density at radius 1 is 1.26 bits per heavy atom. The Hall–Kier alpha value is -2.49. The number of rotatable bonds is 3. The number of carbonyl (C=O) groups is 1. The highest BCUT2D eigenvalue weighted by Gasteiger charge is 2.15. The van der Waals surface area contributed by atoms with Gasteiger partial charge in [-0.15, -0.1) is 0 Å². The van der Waals surface area contributed by atoms with Gasteiger partial charge in [0.1, 0.15) is 6.29 Å². The second-order valence-electron chi connectivity index (χ2n) is 4.30. The first-order valence-electron chi connectivity index (χ1n) is 5.84. The average Bonchev–Trinajstić information content (AvgIpc) is 3.02. The molecule has 1 aromatic carbocycles. The van der Waals surface area contributed by atoms with E-state index < -0.39 is 0 Å². The number of methoxy groups -OCH3 is 1. The summed E-state index contributed by atoms with van der Waals surface area (Å²) in [6, 6.07) is 7.13. The van der Waals surface area contributed by atoms with Crippen LogP contribution >= 0.6 is 0 Å². The molecule has 0 aliphatic heterocycles. The zero-order valence-corrected chi connectivity index (χ0v) is 10.6. The number of hydrogen-bond acceptors (Lipinski definition) is 4. The van der Waals surface area contributed by atoms with Crippen molar-refractivity contribution in [3.8, 4) is 17.3 Å². The van der Waals surface area contributed by atoms with Crippen molar-refractivity contribution in [1.29, 1.82) is 0 Å².